The maximum absolute atomic E-state index is 9.53. The van der Waals surface area contributed by atoms with Crippen molar-refractivity contribution in [1.29, 1.82) is 0 Å². The fourth-order valence-corrected chi connectivity index (χ4v) is 2.77. The third-order valence-corrected chi connectivity index (χ3v) is 4.09. The highest BCUT2D eigenvalue weighted by Gasteiger charge is 2.11. The second-order valence-corrected chi connectivity index (χ2v) is 6.51. The smallest absolute Gasteiger partial charge is 0.170 e. The van der Waals surface area contributed by atoms with Crippen molar-refractivity contribution in [1.82, 2.24) is 0 Å². The summed E-state index contributed by atoms with van der Waals surface area (Å²) < 4.78 is 11.6. The lowest BCUT2D eigenvalue weighted by molar-refractivity contribution is 0.291. The fourth-order valence-electron chi connectivity index (χ4n) is 2.16. The molecular weight excluding hydrogens is 383 g/mol. The summed E-state index contributed by atoms with van der Waals surface area (Å²) in [5.74, 6) is 1.55. The lowest BCUT2D eigenvalue weighted by Gasteiger charge is -2.14. The maximum atomic E-state index is 9.53. The first kappa shape index (κ1) is 17.7. The molecule has 128 valence electrons. The first-order valence-corrected chi connectivity index (χ1v) is 8.48. The Balaban J connectivity index is 1.82. The minimum absolute atomic E-state index is 0.182. The summed E-state index contributed by atoms with van der Waals surface area (Å²) in [6.07, 6.45) is 0. The number of halogens is 3. The molecule has 1 N–H and O–H groups in total. The summed E-state index contributed by atoms with van der Waals surface area (Å²) in [4.78, 5) is 0. The minimum Gasteiger partial charge on any atom is -0.508 e. The quantitative estimate of drug-likeness (QED) is 0.521. The SMILES string of the molecule is Oc1cccc(COc2ccc(Cl)cc2Oc2ccc(Cl)cc2Cl)c1. The van der Waals surface area contributed by atoms with E-state index in [1.54, 1.807) is 54.6 Å². The molecule has 0 aliphatic heterocycles. The largest absolute Gasteiger partial charge is 0.508 e. The lowest BCUT2D eigenvalue weighted by Crippen LogP contribution is -1.97. The second-order valence-electron chi connectivity index (χ2n) is 5.23. The molecule has 0 radical (unpaired) electrons. The molecule has 0 bridgehead atoms. The predicted octanol–water partition coefficient (Wildman–Crippen LogP) is 6.72. The highest BCUT2D eigenvalue weighted by molar-refractivity contribution is 6.35. The van der Waals surface area contributed by atoms with Gasteiger partial charge >= 0.3 is 0 Å². The molecule has 0 aromatic heterocycles. The number of rotatable bonds is 5. The molecule has 3 aromatic rings. The van der Waals surface area contributed by atoms with Gasteiger partial charge in [0.05, 0.1) is 5.02 Å². The van der Waals surface area contributed by atoms with Crippen molar-refractivity contribution in [2.75, 3.05) is 0 Å². The Hall–Kier alpha value is -2.07. The molecule has 0 amide bonds. The number of ether oxygens (including phenoxy) is 2. The molecule has 0 atom stereocenters. The van der Waals surface area contributed by atoms with Crippen molar-refractivity contribution in [2.24, 2.45) is 0 Å². The summed E-state index contributed by atoms with van der Waals surface area (Å²) in [6, 6.07) is 16.8. The van der Waals surface area contributed by atoms with Gasteiger partial charge in [0.15, 0.2) is 11.5 Å². The standard InChI is InChI=1S/C19H13Cl3O3/c20-13-4-6-17(16(22)9-13)25-19-10-14(21)5-7-18(19)24-11-12-2-1-3-15(23)8-12/h1-10,23H,11H2. The van der Waals surface area contributed by atoms with Crippen LogP contribution in [0.2, 0.25) is 15.1 Å². The number of phenols is 1. The zero-order valence-corrected chi connectivity index (χ0v) is 15.1. The normalized spacial score (nSPS) is 10.5. The Labute approximate surface area is 160 Å². The molecule has 0 unspecified atom stereocenters. The summed E-state index contributed by atoms with van der Waals surface area (Å²) in [7, 11) is 0. The molecule has 0 aliphatic rings. The van der Waals surface area contributed by atoms with Gasteiger partial charge in [0.25, 0.3) is 0 Å². The van der Waals surface area contributed by atoms with E-state index in [1.807, 2.05) is 6.07 Å². The number of aromatic hydroxyl groups is 1. The van der Waals surface area contributed by atoms with Crippen LogP contribution in [0.1, 0.15) is 5.56 Å². The van der Waals surface area contributed by atoms with E-state index in [9.17, 15) is 5.11 Å². The highest BCUT2D eigenvalue weighted by atomic mass is 35.5. The van der Waals surface area contributed by atoms with Crippen LogP contribution in [0.25, 0.3) is 0 Å². The maximum Gasteiger partial charge on any atom is 0.170 e. The van der Waals surface area contributed by atoms with Crippen LogP contribution in [0.15, 0.2) is 60.7 Å². The molecule has 3 nitrogen and oxygen atoms in total. The Morgan fingerprint density at radius 3 is 2.20 bits per heavy atom. The van der Waals surface area contributed by atoms with Gasteiger partial charge in [-0.2, -0.15) is 0 Å². The molecular formula is C19H13Cl3O3. The molecule has 6 heteroatoms. The van der Waals surface area contributed by atoms with Crippen molar-refractivity contribution >= 4 is 34.8 Å². The Morgan fingerprint density at radius 2 is 1.48 bits per heavy atom. The van der Waals surface area contributed by atoms with Crippen LogP contribution >= 0.6 is 34.8 Å². The topological polar surface area (TPSA) is 38.7 Å². The molecule has 25 heavy (non-hydrogen) atoms. The first-order valence-electron chi connectivity index (χ1n) is 7.34. The van der Waals surface area contributed by atoms with Crippen LogP contribution in [0, 0.1) is 0 Å². The Kier molecular flexibility index (Phi) is 5.59. The van der Waals surface area contributed by atoms with Crippen LogP contribution < -0.4 is 9.47 Å². The molecule has 0 fully saturated rings. The number of benzene rings is 3. The van der Waals surface area contributed by atoms with Crippen molar-refractivity contribution in [3.05, 3.63) is 81.3 Å². The van der Waals surface area contributed by atoms with Crippen LogP contribution in [-0.2, 0) is 6.61 Å². The van der Waals surface area contributed by atoms with E-state index < -0.39 is 0 Å². The minimum atomic E-state index is 0.182. The van der Waals surface area contributed by atoms with Gasteiger partial charge in [-0.15, -0.1) is 0 Å². The lowest BCUT2D eigenvalue weighted by atomic mass is 10.2. The van der Waals surface area contributed by atoms with Gasteiger partial charge in [0.1, 0.15) is 18.1 Å². The molecule has 0 spiro atoms. The van der Waals surface area contributed by atoms with Gasteiger partial charge in [-0.05, 0) is 48.0 Å². The van der Waals surface area contributed by atoms with E-state index in [2.05, 4.69) is 0 Å². The second kappa shape index (κ2) is 7.87. The van der Waals surface area contributed by atoms with Crippen molar-refractivity contribution in [3.8, 4) is 23.0 Å². The van der Waals surface area contributed by atoms with E-state index in [0.717, 1.165) is 5.56 Å². The number of hydrogen-bond donors (Lipinski definition) is 1. The monoisotopic (exact) mass is 394 g/mol. The summed E-state index contributed by atoms with van der Waals surface area (Å²) >= 11 is 18.1. The van der Waals surface area contributed by atoms with Crippen LogP contribution in [0.5, 0.6) is 23.0 Å². The van der Waals surface area contributed by atoms with Gasteiger partial charge in [-0.25, -0.2) is 0 Å². The Bertz CT molecular complexity index is 897. The van der Waals surface area contributed by atoms with Crippen LogP contribution in [-0.4, -0.2) is 5.11 Å². The summed E-state index contributed by atoms with van der Waals surface area (Å²) in [6.45, 7) is 0.265. The molecule has 3 rings (SSSR count). The van der Waals surface area contributed by atoms with Crippen LogP contribution in [0.3, 0.4) is 0 Å². The Morgan fingerprint density at radius 1 is 0.760 bits per heavy atom. The van der Waals surface area contributed by atoms with E-state index in [0.29, 0.717) is 32.3 Å². The van der Waals surface area contributed by atoms with E-state index in [1.165, 1.54) is 0 Å². The predicted molar refractivity (Wildman–Crippen MR) is 100 cm³/mol. The zero-order valence-electron chi connectivity index (χ0n) is 12.9. The number of hydrogen-bond acceptors (Lipinski definition) is 3. The fraction of sp³-hybridized carbons (Fsp3) is 0.0526. The average molecular weight is 396 g/mol. The number of phenolic OH excluding ortho intramolecular Hbond substituents is 1. The van der Waals surface area contributed by atoms with Gasteiger partial charge in [0.2, 0.25) is 0 Å². The summed E-state index contributed by atoms with van der Waals surface area (Å²) in [5.41, 5.74) is 0.824. The van der Waals surface area contributed by atoms with E-state index >= 15 is 0 Å². The van der Waals surface area contributed by atoms with Crippen molar-refractivity contribution in [2.45, 2.75) is 6.61 Å². The molecule has 3 aromatic carbocycles. The third kappa shape index (κ3) is 4.73. The summed E-state index contributed by atoms with van der Waals surface area (Å²) in [5, 5.41) is 10.9. The van der Waals surface area contributed by atoms with Crippen molar-refractivity contribution in [3.63, 3.8) is 0 Å². The molecule has 0 heterocycles. The van der Waals surface area contributed by atoms with Gasteiger partial charge in [-0.1, -0.05) is 46.9 Å². The highest BCUT2D eigenvalue weighted by Crippen LogP contribution is 2.38. The average Bonchev–Trinajstić information content (AvgIpc) is 2.57. The first-order chi connectivity index (χ1) is 12.0. The van der Waals surface area contributed by atoms with Gasteiger partial charge in [-0.3, -0.25) is 0 Å². The molecule has 0 aliphatic carbocycles. The van der Waals surface area contributed by atoms with E-state index in [4.69, 9.17) is 44.3 Å². The zero-order chi connectivity index (χ0) is 17.8. The van der Waals surface area contributed by atoms with Crippen LogP contribution in [0.4, 0.5) is 0 Å². The van der Waals surface area contributed by atoms with Crippen molar-refractivity contribution < 1.29 is 14.6 Å². The van der Waals surface area contributed by atoms with Gasteiger partial charge in [0, 0.05) is 16.1 Å². The molecule has 0 saturated carbocycles. The van der Waals surface area contributed by atoms with E-state index in [-0.39, 0.29) is 12.4 Å². The third-order valence-electron chi connectivity index (χ3n) is 3.32. The van der Waals surface area contributed by atoms with Gasteiger partial charge < -0.3 is 14.6 Å². The molecule has 0 saturated heterocycles.